The lowest BCUT2D eigenvalue weighted by Crippen LogP contribution is -2.30. The van der Waals surface area contributed by atoms with Gasteiger partial charge in [-0.1, -0.05) is 12.1 Å². The van der Waals surface area contributed by atoms with Crippen molar-refractivity contribution in [2.45, 2.75) is 33.7 Å². The highest BCUT2D eigenvalue weighted by Gasteiger charge is 2.10. The molecule has 0 spiro atoms. The van der Waals surface area contributed by atoms with Crippen LogP contribution in [0, 0.1) is 13.8 Å². The van der Waals surface area contributed by atoms with E-state index >= 15 is 0 Å². The van der Waals surface area contributed by atoms with E-state index in [0.717, 1.165) is 16.9 Å². The third kappa shape index (κ3) is 3.79. The molecule has 0 fully saturated rings. The first-order valence-corrected chi connectivity index (χ1v) is 7.41. The van der Waals surface area contributed by atoms with Gasteiger partial charge in [0.2, 0.25) is 0 Å². The zero-order valence-corrected chi connectivity index (χ0v) is 13.5. The Balaban J connectivity index is 2.23. The molecule has 2 aromatic carbocycles. The second-order valence-electron chi connectivity index (χ2n) is 5.87. The predicted molar refractivity (Wildman–Crippen MR) is 92.7 cm³/mol. The van der Waals surface area contributed by atoms with E-state index in [1.54, 1.807) is 12.1 Å². The minimum atomic E-state index is -0.111. The average Bonchev–Trinajstić information content (AvgIpc) is 2.44. The van der Waals surface area contributed by atoms with E-state index in [1.165, 1.54) is 5.56 Å². The van der Waals surface area contributed by atoms with Gasteiger partial charge in [0, 0.05) is 17.3 Å². The van der Waals surface area contributed by atoms with Crippen LogP contribution in [0.1, 0.15) is 35.3 Å². The number of benzene rings is 2. The normalized spacial score (nSPS) is 10.6. The molecule has 0 aliphatic rings. The van der Waals surface area contributed by atoms with E-state index in [9.17, 15) is 4.79 Å². The van der Waals surface area contributed by atoms with Crippen molar-refractivity contribution in [2.75, 3.05) is 11.1 Å². The first-order valence-electron chi connectivity index (χ1n) is 7.41. The summed E-state index contributed by atoms with van der Waals surface area (Å²) in [6, 6.07) is 11.6. The molecular weight excluding hydrogens is 274 g/mol. The van der Waals surface area contributed by atoms with Crippen molar-refractivity contribution in [1.82, 2.24) is 5.32 Å². The fraction of sp³-hybridized carbons (Fsp3) is 0.278. The van der Waals surface area contributed by atoms with E-state index in [0.29, 0.717) is 11.3 Å². The van der Waals surface area contributed by atoms with Gasteiger partial charge in [0.05, 0.1) is 11.4 Å². The van der Waals surface area contributed by atoms with Gasteiger partial charge in [-0.15, -0.1) is 0 Å². The van der Waals surface area contributed by atoms with Crippen LogP contribution in [0.15, 0.2) is 36.4 Å². The maximum atomic E-state index is 12.0. The molecule has 2 rings (SSSR count). The Labute approximate surface area is 131 Å². The van der Waals surface area contributed by atoms with Crippen molar-refractivity contribution in [2.24, 2.45) is 0 Å². The van der Waals surface area contributed by atoms with Crippen molar-refractivity contribution < 1.29 is 4.79 Å². The van der Waals surface area contributed by atoms with E-state index in [-0.39, 0.29) is 11.9 Å². The zero-order valence-electron chi connectivity index (χ0n) is 13.5. The third-order valence-corrected chi connectivity index (χ3v) is 3.40. The molecule has 116 valence electrons. The topological polar surface area (TPSA) is 67.2 Å². The van der Waals surface area contributed by atoms with Gasteiger partial charge in [-0.3, -0.25) is 4.79 Å². The second-order valence-corrected chi connectivity index (χ2v) is 5.87. The van der Waals surface area contributed by atoms with Gasteiger partial charge in [-0.05, 0) is 63.1 Å². The lowest BCUT2D eigenvalue weighted by Gasteiger charge is -2.14. The van der Waals surface area contributed by atoms with Crippen molar-refractivity contribution in [3.05, 3.63) is 53.1 Å². The average molecular weight is 297 g/mol. The van der Waals surface area contributed by atoms with Gasteiger partial charge in [0.25, 0.3) is 5.91 Å². The molecule has 0 saturated heterocycles. The molecule has 4 heteroatoms. The minimum Gasteiger partial charge on any atom is -0.397 e. The number of nitrogens with two attached hydrogens (primary N) is 1. The van der Waals surface area contributed by atoms with Gasteiger partial charge in [0.1, 0.15) is 0 Å². The van der Waals surface area contributed by atoms with Crippen LogP contribution >= 0.6 is 0 Å². The number of nitrogens with one attached hydrogen (secondary N) is 2. The highest BCUT2D eigenvalue weighted by molar-refractivity contribution is 5.96. The van der Waals surface area contributed by atoms with Gasteiger partial charge < -0.3 is 16.4 Å². The van der Waals surface area contributed by atoms with Gasteiger partial charge in [0.15, 0.2) is 0 Å². The molecule has 0 aliphatic carbocycles. The summed E-state index contributed by atoms with van der Waals surface area (Å²) < 4.78 is 0. The van der Waals surface area contributed by atoms with Crippen LogP contribution in [-0.4, -0.2) is 11.9 Å². The van der Waals surface area contributed by atoms with E-state index in [4.69, 9.17) is 5.73 Å². The largest absolute Gasteiger partial charge is 0.397 e. The number of carbonyl (C=O) groups is 1. The first-order chi connectivity index (χ1) is 10.4. The Morgan fingerprint density at radius 1 is 1.05 bits per heavy atom. The molecule has 2 aromatic rings. The lowest BCUT2D eigenvalue weighted by molar-refractivity contribution is 0.0943. The lowest BCUT2D eigenvalue weighted by atomic mass is 10.1. The van der Waals surface area contributed by atoms with Crippen LogP contribution < -0.4 is 16.4 Å². The molecule has 0 bridgehead atoms. The second kappa shape index (κ2) is 6.52. The fourth-order valence-electron chi connectivity index (χ4n) is 2.18. The summed E-state index contributed by atoms with van der Waals surface area (Å²) in [4.78, 5) is 12.0. The summed E-state index contributed by atoms with van der Waals surface area (Å²) >= 11 is 0. The van der Waals surface area contributed by atoms with E-state index in [2.05, 4.69) is 28.8 Å². The van der Waals surface area contributed by atoms with Crippen molar-refractivity contribution in [1.29, 1.82) is 0 Å². The molecule has 1 amide bonds. The summed E-state index contributed by atoms with van der Waals surface area (Å²) in [6.45, 7) is 7.95. The third-order valence-electron chi connectivity index (χ3n) is 3.40. The number of carbonyl (C=O) groups excluding carboxylic acids is 1. The van der Waals surface area contributed by atoms with Crippen LogP contribution in [0.25, 0.3) is 0 Å². The molecule has 4 nitrogen and oxygen atoms in total. The maximum Gasteiger partial charge on any atom is 0.251 e. The monoisotopic (exact) mass is 297 g/mol. The fourth-order valence-corrected chi connectivity index (χ4v) is 2.18. The molecule has 22 heavy (non-hydrogen) atoms. The summed E-state index contributed by atoms with van der Waals surface area (Å²) in [5.74, 6) is -0.111. The maximum absolute atomic E-state index is 12.0. The molecule has 0 heterocycles. The quantitative estimate of drug-likeness (QED) is 0.753. The number of hydrogen-bond donors (Lipinski definition) is 3. The van der Waals surface area contributed by atoms with Crippen LogP contribution in [-0.2, 0) is 0 Å². The number of anilines is 3. The van der Waals surface area contributed by atoms with Gasteiger partial charge >= 0.3 is 0 Å². The summed E-state index contributed by atoms with van der Waals surface area (Å²) in [6.07, 6.45) is 0. The Hall–Kier alpha value is -2.49. The number of aryl methyl sites for hydroxylation is 2. The summed E-state index contributed by atoms with van der Waals surface area (Å²) in [5, 5.41) is 6.19. The molecule has 0 aromatic heterocycles. The van der Waals surface area contributed by atoms with Crippen LogP contribution in [0.3, 0.4) is 0 Å². The molecular formula is C18H23N3O. The van der Waals surface area contributed by atoms with E-state index in [1.807, 2.05) is 33.8 Å². The zero-order chi connectivity index (χ0) is 16.3. The SMILES string of the molecule is Cc1ccc(C)c(Nc2ccc(C(=O)NC(C)C)cc2N)c1. The number of hydrogen-bond acceptors (Lipinski definition) is 3. The number of amides is 1. The Kier molecular flexibility index (Phi) is 4.71. The summed E-state index contributed by atoms with van der Waals surface area (Å²) in [5.41, 5.74) is 11.3. The summed E-state index contributed by atoms with van der Waals surface area (Å²) in [7, 11) is 0. The van der Waals surface area contributed by atoms with Gasteiger partial charge in [-0.25, -0.2) is 0 Å². The Morgan fingerprint density at radius 2 is 1.77 bits per heavy atom. The van der Waals surface area contributed by atoms with Crippen LogP contribution in [0.2, 0.25) is 0 Å². The molecule has 0 atom stereocenters. The van der Waals surface area contributed by atoms with E-state index < -0.39 is 0 Å². The first kappa shape index (κ1) is 15.9. The van der Waals surface area contributed by atoms with Gasteiger partial charge in [-0.2, -0.15) is 0 Å². The van der Waals surface area contributed by atoms with Crippen LogP contribution in [0.5, 0.6) is 0 Å². The number of rotatable bonds is 4. The Bertz CT molecular complexity index is 693. The Morgan fingerprint density at radius 3 is 2.41 bits per heavy atom. The molecule has 0 radical (unpaired) electrons. The smallest absolute Gasteiger partial charge is 0.251 e. The highest BCUT2D eigenvalue weighted by atomic mass is 16.1. The highest BCUT2D eigenvalue weighted by Crippen LogP contribution is 2.26. The van der Waals surface area contributed by atoms with Crippen molar-refractivity contribution in [3.8, 4) is 0 Å². The number of nitrogen functional groups attached to an aromatic ring is 1. The standard InChI is InChI=1S/C18H23N3O/c1-11(2)20-18(22)14-7-8-16(15(19)10-14)21-17-9-12(3)5-6-13(17)4/h5-11,21H,19H2,1-4H3,(H,20,22). The molecule has 0 unspecified atom stereocenters. The molecule has 0 aliphatic heterocycles. The van der Waals surface area contributed by atoms with Crippen molar-refractivity contribution in [3.63, 3.8) is 0 Å². The van der Waals surface area contributed by atoms with Crippen LogP contribution in [0.4, 0.5) is 17.1 Å². The minimum absolute atomic E-state index is 0.0986. The molecule has 0 saturated carbocycles. The predicted octanol–water partition coefficient (Wildman–Crippen LogP) is 3.77. The van der Waals surface area contributed by atoms with Crippen molar-refractivity contribution >= 4 is 23.0 Å². The molecule has 4 N–H and O–H groups in total.